The normalized spacial score (nSPS) is 26.7. The van der Waals surface area contributed by atoms with Crippen molar-refractivity contribution in [2.75, 3.05) is 13.1 Å². The summed E-state index contributed by atoms with van der Waals surface area (Å²) in [4.78, 5) is 59.0. The fourth-order valence-electron chi connectivity index (χ4n) is 3.06. The first-order chi connectivity index (χ1) is 14.5. The zero-order chi connectivity index (χ0) is 23.3. The number of carbonyl (C=O) groups is 5. The molecular weight excluding hydrogens is 420 g/mol. The minimum atomic E-state index is -1.69. The first-order valence-electron chi connectivity index (χ1n) is 9.30. The molecule has 5 atom stereocenters. The summed E-state index contributed by atoms with van der Waals surface area (Å²) in [6.07, 6.45) is -6.64. The summed E-state index contributed by atoms with van der Waals surface area (Å²) in [6, 6.07) is -2.08. The van der Waals surface area contributed by atoms with Crippen molar-refractivity contribution < 1.29 is 49.1 Å². The van der Waals surface area contributed by atoms with Crippen LogP contribution >= 0.6 is 0 Å². The van der Waals surface area contributed by atoms with Gasteiger partial charge in [-0.05, 0) is 6.42 Å². The van der Waals surface area contributed by atoms with Gasteiger partial charge in [-0.3, -0.25) is 19.3 Å². The summed E-state index contributed by atoms with van der Waals surface area (Å²) in [7, 11) is 0. The maximum absolute atomic E-state index is 12.3. The molecule has 2 rings (SSSR count). The van der Waals surface area contributed by atoms with Gasteiger partial charge in [0.2, 0.25) is 5.91 Å². The summed E-state index contributed by atoms with van der Waals surface area (Å²) in [5.74, 6) is -4.56. The lowest BCUT2D eigenvalue weighted by Crippen LogP contribution is -2.54. The number of hydrogen-bond acceptors (Lipinski definition) is 8. The molecule has 0 unspecified atom stereocenters. The van der Waals surface area contributed by atoms with Crippen LogP contribution in [0.25, 0.3) is 0 Å². The van der Waals surface area contributed by atoms with Gasteiger partial charge in [-0.2, -0.15) is 0 Å². The second-order valence-electron chi connectivity index (χ2n) is 7.01. The molecule has 0 bridgehead atoms. The predicted octanol–water partition coefficient (Wildman–Crippen LogP) is -3.09. The van der Waals surface area contributed by atoms with Gasteiger partial charge in [0.1, 0.15) is 18.2 Å². The summed E-state index contributed by atoms with van der Waals surface area (Å²) in [5.41, 5.74) is 0.470. The van der Waals surface area contributed by atoms with Crippen molar-refractivity contribution in [3.05, 3.63) is 12.3 Å². The van der Waals surface area contributed by atoms with Gasteiger partial charge in [0.05, 0.1) is 6.54 Å². The molecule has 31 heavy (non-hydrogen) atoms. The molecule has 2 aliphatic rings. The highest BCUT2D eigenvalue weighted by Gasteiger charge is 2.50. The molecule has 4 amide bonds. The standard InChI is InChI=1S/C17H24N4O10/c1-7-4-5-21(17(30)19-7)15-12(26)11(25)13(31-15)14(27)18-6-9(22)20-8(16(28)29)2-3-10(23)24/h8,11-13,15,25-26H,1-6H2,(H,18,27)(H,19,30)(H,20,22)(H,23,24)(H,28,29)/t8-,11-,12+,13-,15+/m0/s1. The highest BCUT2D eigenvalue weighted by molar-refractivity contribution is 5.89. The number of nitrogens with zero attached hydrogens (tertiary/aromatic N) is 1. The van der Waals surface area contributed by atoms with Gasteiger partial charge in [-0.15, -0.1) is 0 Å². The van der Waals surface area contributed by atoms with Gasteiger partial charge in [0.25, 0.3) is 5.91 Å². The van der Waals surface area contributed by atoms with Crippen molar-refractivity contribution in [2.45, 2.75) is 49.8 Å². The van der Waals surface area contributed by atoms with Crippen LogP contribution in [-0.2, 0) is 23.9 Å². The van der Waals surface area contributed by atoms with E-state index in [1.165, 1.54) is 0 Å². The smallest absolute Gasteiger partial charge is 0.326 e. The minimum Gasteiger partial charge on any atom is -0.481 e. The molecule has 7 N–H and O–H groups in total. The largest absolute Gasteiger partial charge is 0.481 e. The number of ether oxygens (including phenoxy) is 1. The van der Waals surface area contributed by atoms with Gasteiger partial charge in [-0.1, -0.05) is 6.58 Å². The molecule has 2 heterocycles. The number of carboxylic acids is 2. The Hall–Kier alpha value is -3.23. The van der Waals surface area contributed by atoms with Crippen LogP contribution in [-0.4, -0.2) is 98.8 Å². The van der Waals surface area contributed by atoms with Crippen molar-refractivity contribution in [2.24, 2.45) is 0 Å². The van der Waals surface area contributed by atoms with Gasteiger partial charge < -0.3 is 41.1 Å². The Kier molecular flexibility index (Phi) is 7.90. The van der Waals surface area contributed by atoms with E-state index >= 15 is 0 Å². The van der Waals surface area contributed by atoms with E-state index in [0.717, 1.165) is 4.90 Å². The zero-order valence-corrected chi connectivity index (χ0v) is 16.3. The van der Waals surface area contributed by atoms with Gasteiger partial charge in [0, 0.05) is 25.1 Å². The van der Waals surface area contributed by atoms with Crippen LogP contribution in [0.4, 0.5) is 4.79 Å². The van der Waals surface area contributed by atoms with Gasteiger partial charge in [-0.25, -0.2) is 9.59 Å². The van der Waals surface area contributed by atoms with E-state index in [-0.39, 0.29) is 13.0 Å². The van der Waals surface area contributed by atoms with Crippen LogP contribution in [0.15, 0.2) is 12.3 Å². The fourth-order valence-corrected chi connectivity index (χ4v) is 3.06. The third-order valence-corrected chi connectivity index (χ3v) is 4.71. The molecule has 172 valence electrons. The van der Waals surface area contributed by atoms with Crippen molar-refractivity contribution in [3.63, 3.8) is 0 Å². The molecule has 0 aromatic heterocycles. The summed E-state index contributed by atoms with van der Waals surface area (Å²) >= 11 is 0. The molecule has 0 aromatic rings. The number of hydrogen-bond donors (Lipinski definition) is 7. The van der Waals surface area contributed by atoms with Crippen molar-refractivity contribution in [1.29, 1.82) is 0 Å². The highest BCUT2D eigenvalue weighted by Crippen LogP contribution is 2.26. The van der Waals surface area contributed by atoms with Gasteiger partial charge >= 0.3 is 18.0 Å². The summed E-state index contributed by atoms with van der Waals surface area (Å²) in [5, 5.41) is 44.6. The molecule has 14 heteroatoms. The van der Waals surface area contributed by atoms with Crippen LogP contribution in [0.2, 0.25) is 0 Å². The van der Waals surface area contributed by atoms with E-state index in [0.29, 0.717) is 12.1 Å². The molecule has 2 aliphatic heterocycles. The number of carboxylic acid groups (broad SMARTS) is 2. The van der Waals surface area contributed by atoms with Crippen LogP contribution in [0, 0.1) is 0 Å². The summed E-state index contributed by atoms with van der Waals surface area (Å²) < 4.78 is 5.34. The molecule has 2 saturated heterocycles. The highest BCUT2D eigenvalue weighted by atomic mass is 16.6. The van der Waals surface area contributed by atoms with Crippen molar-refractivity contribution in [1.82, 2.24) is 20.9 Å². The quantitative estimate of drug-likeness (QED) is 0.190. The Morgan fingerprint density at radius 3 is 2.48 bits per heavy atom. The van der Waals surface area contributed by atoms with Crippen molar-refractivity contribution in [3.8, 4) is 0 Å². The number of urea groups is 1. The van der Waals surface area contributed by atoms with E-state index in [2.05, 4.69) is 22.5 Å². The Morgan fingerprint density at radius 2 is 1.90 bits per heavy atom. The van der Waals surface area contributed by atoms with E-state index in [4.69, 9.17) is 14.9 Å². The van der Waals surface area contributed by atoms with Gasteiger partial charge in [0.15, 0.2) is 12.3 Å². The molecule has 14 nitrogen and oxygen atoms in total. The van der Waals surface area contributed by atoms with Crippen LogP contribution in [0.5, 0.6) is 0 Å². The van der Waals surface area contributed by atoms with E-state index in [1.807, 2.05) is 0 Å². The number of nitrogens with one attached hydrogen (secondary N) is 3. The average Bonchev–Trinajstić information content (AvgIpc) is 2.98. The molecule has 0 radical (unpaired) electrons. The molecule has 0 spiro atoms. The maximum atomic E-state index is 12.3. The molecule has 0 aliphatic carbocycles. The fraction of sp³-hybridized carbons (Fsp3) is 0.588. The number of aliphatic hydroxyl groups excluding tert-OH is 2. The third-order valence-electron chi connectivity index (χ3n) is 4.71. The lowest BCUT2D eigenvalue weighted by molar-refractivity contribution is -0.143. The second-order valence-corrected chi connectivity index (χ2v) is 7.01. The Balaban J connectivity index is 1.89. The lowest BCUT2D eigenvalue weighted by Gasteiger charge is -2.34. The number of aliphatic carboxylic acids is 2. The Labute approximate surface area is 175 Å². The second kappa shape index (κ2) is 10.2. The number of carbonyl (C=O) groups excluding carboxylic acids is 3. The molecule has 2 fully saturated rings. The Bertz CT molecular complexity index is 772. The molecule has 0 saturated carbocycles. The monoisotopic (exact) mass is 444 g/mol. The number of aliphatic hydroxyl groups is 2. The zero-order valence-electron chi connectivity index (χ0n) is 16.3. The maximum Gasteiger partial charge on any atom is 0.326 e. The van der Waals surface area contributed by atoms with Crippen LogP contribution in [0.1, 0.15) is 19.3 Å². The van der Waals surface area contributed by atoms with E-state index < -0.39 is 73.3 Å². The first kappa shape index (κ1) is 24.0. The summed E-state index contributed by atoms with van der Waals surface area (Å²) in [6.45, 7) is 3.07. The van der Waals surface area contributed by atoms with Crippen LogP contribution in [0.3, 0.4) is 0 Å². The SMILES string of the molecule is C=C1CCN([C@@H]2O[C@H](C(=O)NCC(=O)N[C@@H](CCC(=O)O)C(=O)O)[C@@H](O)[C@H]2O)C(=O)N1. The molecule has 0 aromatic carbocycles. The number of amides is 4. The predicted molar refractivity (Wildman–Crippen MR) is 99.1 cm³/mol. The average molecular weight is 444 g/mol. The number of rotatable bonds is 9. The first-order valence-corrected chi connectivity index (χ1v) is 9.30. The Morgan fingerprint density at radius 1 is 1.23 bits per heavy atom. The van der Waals surface area contributed by atoms with Crippen LogP contribution < -0.4 is 16.0 Å². The topological polar surface area (TPSA) is 215 Å². The van der Waals surface area contributed by atoms with E-state index in [9.17, 15) is 34.2 Å². The third kappa shape index (κ3) is 6.13. The van der Waals surface area contributed by atoms with Crippen molar-refractivity contribution >= 4 is 29.8 Å². The van der Waals surface area contributed by atoms with E-state index in [1.54, 1.807) is 0 Å². The lowest BCUT2D eigenvalue weighted by atomic mass is 10.1. The molecular formula is C17H24N4O10. The minimum absolute atomic E-state index is 0.142.